The summed E-state index contributed by atoms with van der Waals surface area (Å²) in [6.07, 6.45) is 2.80. The minimum Gasteiger partial charge on any atom is -0.453 e. The van der Waals surface area contributed by atoms with Gasteiger partial charge in [-0.3, -0.25) is 0 Å². The van der Waals surface area contributed by atoms with Gasteiger partial charge in [0.15, 0.2) is 4.67 Å². The van der Waals surface area contributed by atoms with E-state index >= 15 is 0 Å². The number of hydrogen-bond acceptors (Lipinski definition) is 3. The van der Waals surface area contributed by atoms with Crippen molar-refractivity contribution in [1.29, 1.82) is 0 Å². The van der Waals surface area contributed by atoms with Gasteiger partial charge in [-0.15, -0.1) is 6.58 Å². The fraction of sp³-hybridized carbons (Fsp3) is 0.400. The molecule has 1 rings (SSSR count). The second-order valence-corrected chi connectivity index (χ2v) is 3.74. The Kier molecular flexibility index (Phi) is 4.93. The molecule has 78 valence electrons. The SMILES string of the molecule is C=CCCNC(CN)c1ccc(Br)o1. The van der Waals surface area contributed by atoms with Crippen LogP contribution in [0.4, 0.5) is 0 Å². The van der Waals surface area contributed by atoms with Gasteiger partial charge in [-0.05, 0) is 41.0 Å². The second-order valence-electron chi connectivity index (χ2n) is 2.96. The Labute approximate surface area is 92.5 Å². The monoisotopic (exact) mass is 258 g/mol. The summed E-state index contributed by atoms with van der Waals surface area (Å²) in [5.41, 5.74) is 5.63. The summed E-state index contributed by atoms with van der Waals surface area (Å²) in [6.45, 7) is 5.05. The maximum absolute atomic E-state index is 5.63. The van der Waals surface area contributed by atoms with Gasteiger partial charge in [0.2, 0.25) is 0 Å². The number of halogens is 1. The molecule has 0 amide bonds. The molecule has 0 aliphatic heterocycles. The van der Waals surface area contributed by atoms with Crippen LogP contribution >= 0.6 is 15.9 Å². The third-order valence-corrected chi connectivity index (χ3v) is 2.34. The molecule has 0 aliphatic rings. The van der Waals surface area contributed by atoms with Crippen LogP contribution in [-0.4, -0.2) is 13.1 Å². The first-order valence-electron chi connectivity index (χ1n) is 4.57. The van der Waals surface area contributed by atoms with Gasteiger partial charge >= 0.3 is 0 Å². The molecule has 0 saturated carbocycles. The Balaban J connectivity index is 2.49. The van der Waals surface area contributed by atoms with Gasteiger partial charge in [0.25, 0.3) is 0 Å². The maximum Gasteiger partial charge on any atom is 0.169 e. The summed E-state index contributed by atoms with van der Waals surface area (Å²) in [4.78, 5) is 0. The molecule has 1 heterocycles. The van der Waals surface area contributed by atoms with Gasteiger partial charge in [0.1, 0.15) is 5.76 Å². The number of rotatable bonds is 6. The van der Waals surface area contributed by atoms with Gasteiger partial charge in [-0.25, -0.2) is 0 Å². The van der Waals surface area contributed by atoms with Gasteiger partial charge < -0.3 is 15.5 Å². The maximum atomic E-state index is 5.63. The zero-order valence-electron chi connectivity index (χ0n) is 8.00. The quantitative estimate of drug-likeness (QED) is 0.608. The highest BCUT2D eigenvalue weighted by molar-refractivity contribution is 9.10. The predicted molar refractivity (Wildman–Crippen MR) is 61.0 cm³/mol. The highest BCUT2D eigenvalue weighted by Crippen LogP contribution is 2.19. The first-order chi connectivity index (χ1) is 6.77. The zero-order valence-corrected chi connectivity index (χ0v) is 9.59. The van der Waals surface area contributed by atoms with Crippen LogP contribution in [0.5, 0.6) is 0 Å². The molecule has 0 aromatic carbocycles. The van der Waals surface area contributed by atoms with E-state index in [4.69, 9.17) is 10.2 Å². The second kappa shape index (κ2) is 6.01. The lowest BCUT2D eigenvalue weighted by Crippen LogP contribution is -2.28. The summed E-state index contributed by atoms with van der Waals surface area (Å²) in [5.74, 6) is 0.864. The average Bonchev–Trinajstić information content (AvgIpc) is 2.60. The van der Waals surface area contributed by atoms with Crippen LogP contribution in [0.15, 0.2) is 33.9 Å². The van der Waals surface area contributed by atoms with Crippen molar-refractivity contribution in [2.45, 2.75) is 12.5 Å². The Morgan fingerprint density at radius 3 is 2.93 bits per heavy atom. The summed E-state index contributed by atoms with van der Waals surface area (Å²) >= 11 is 3.26. The summed E-state index contributed by atoms with van der Waals surface area (Å²) < 4.78 is 6.15. The first kappa shape index (κ1) is 11.5. The Hall–Kier alpha value is -0.580. The van der Waals surface area contributed by atoms with E-state index in [0.717, 1.165) is 23.4 Å². The Bertz CT molecular complexity index is 285. The molecule has 3 nitrogen and oxygen atoms in total. The van der Waals surface area contributed by atoms with Crippen molar-refractivity contribution in [3.05, 3.63) is 35.2 Å². The van der Waals surface area contributed by atoms with Gasteiger partial charge in [0.05, 0.1) is 6.04 Å². The lowest BCUT2D eigenvalue weighted by molar-refractivity contribution is 0.408. The van der Waals surface area contributed by atoms with Crippen molar-refractivity contribution in [1.82, 2.24) is 5.32 Å². The highest BCUT2D eigenvalue weighted by atomic mass is 79.9. The molecule has 0 aliphatic carbocycles. The van der Waals surface area contributed by atoms with Gasteiger partial charge in [-0.2, -0.15) is 0 Å². The normalized spacial score (nSPS) is 12.7. The molecule has 1 atom stereocenters. The number of hydrogen-bond donors (Lipinski definition) is 2. The molecule has 1 aromatic rings. The van der Waals surface area contributed by atoms with E-state index in [-0.39, 0.29) is 6.04 Å². The molecular weight excluding hydrogens is 244 g/mol. The van der Waals surface area contributed by atoms with Crippen molar-refractivity contribution in [2.24, 2.45) is 5.73 Å². The molecule has 1 aromatic heterocycles. The lowest BCUT2D eigenvalue weighted by atomic mass is 10.2. The fourth-order valence-electron chi connectivity index (χ4n) is 1.18. The summed E-state index contributed by atoms with van der Waals surface area (Å²) in [7, 11) is 0. The fourth-order valence-corrected chi connectivity index (χ4v) is 1.49. The molecule has 3 N–H and O–H groups in total. The van der Waals surface area contributed by atoms with Gasteiger partial charge in [0, 0.05) is 6.54 Å². The minimum absolute atomic E-state index is 0.0845. The van der Waals surface area contributed by atoms with Crippen LogP contribution in [0.1, 0.15) is 18.2 Å². The smallest absolute Gasteiger partial charge is 0.169 e. The van der Waals surface area contributed by atoms with Crippen LogP contribution in [0, 0.1) is 0 Å². The highest BCUT2D eigenvalue weighted by Gasteiger charge is 2.11. The van der Waals surface area contributed by atoms with Crippen LogP contribution in [0.2, 0.25) is 0 Å². The minimum atomic E-state index is 0.0845. The van der Waals surface area contributed by atoms with Crippen LogP contribution < -0.4 is 11.1 Å². The lowest BCUT2D eigenvalue weighted by Gasteiger charge is -2.13. The standard InChI is InChI=1S/C10H15BrN2O/c1-2-3-6-13-8(7-12)9-4-5-10(11)14-9/h2,4-5,8,13H,1,3,6-7,12H2. The van der Waals surface area contributed by atoms with Crippen molar-refractivity contribution >= 4 is 15.9 Å². The molecule has 0 bridgehead atoms. The van der Waals surface area contributed by atoms with Crippen molar-refractivity contribution in [3.8, 4) is 0 Å². The zero-order chi connectivity index (χ0) is 10.4. The third kappa shape index (κ3) is 3.29. The molecular formula is C10H15BrN2O. The first-order valence-corrected chi connectivity index (χ1v) is 5.36. The number of furan rings is 1. The molecule has 4 heteroatoms. The van der Waals surface area contributed by atoms with E-state index in [1.54, 1.807) is 0 Å². The Morgan fingerprint density at radius 1 is 1.64 bits per heavy atom. The van der Waals surface area contributed by atoms with E-state index in [2.05, 4.69) is 27.8 Å². The van der Waals surface area contributed by atoms with E-state index < -0.39 is 0 Å². The van der Waals surface area contributed by atoms with E-state index in [1.165, 1.54) is 0 Å². The number of nitrogens with two attached hydrogens (primary N) is 1. The average molecular weight is 259 g/mol. The molecule has 0 fully saturated rings. The predicted octanol–water partition coefficient (Wildman–Crippen LogP) is 2.21. The van der Waals surface area contributed by atoms with E-state index in [9.17, 15) is 0 Å². The molecule has 1 unspecified atom stereocenters. The molecule has 14 heavy (non-hydrogen) atoms. The molecule has 0 spiro atoms. The topological polar surface area (TPSA) is 51.2 Å². The molecule has 0 radical (unpaired) electrons. The van der Waals surface area contributed by atoms with Crippen molar-refractivity contribution in [2.75, 3.05) is 13.1 Å². The van der Waals surface area contributed by atoms with Crippen LogP contribution in [-0.2, 0) is 0 Å². The molecule has 0 saturated heterocycles. The Morgan fingerprint density at radius 2 is 2.43 bits per heavy atom. The van der Waals surface area contributed by atoms with E-state index in [1.807, 2.05) is 18.2 Å². The third-order valence-electron chi connectivity index (χ3n) is 1.91. The summed E-state index contributed by atoms with van der Waals surface area (Å²) in [6, 6.07) is 3.87. The van der Waals surface area contributed by atoms with Crippen LogP contribution in [0.25, 0.3) is 0 Å². The number of nitrogens with one attached hydrogen (secondary N) is 1. The van der Waals surface area contributed by atoms with Crippen molar-refractivity contribution < 1.29 is 4.42 Å². The van der Waals surface area contributed by atoms with Gasteiger partial charge in [-0.1, -0.05) is 6.08 Å². The summed E-state index contributed by atoms with van der Waals surface area (Å²) in [5, 5.41) is 3.29. The largest absolute Gasteiger partial charge is 0.453 e. The van der Waals surface area contributed by atoms with E-state index in [0.29, 0.717) is 6.54 Å². The van der Waals surface area contributed by atoms with Crippen molar-refractivity contribution in [3.63, 3.8) is 0 Å². The van der Waals surface area contributed by atoms with Crippen LogP contribution in [0.3, 0.4) is 0 Å².